The van der Waals surface area contributed by atoms with E-state index in [0.29, 0.717) is 13.1 Å². The van der Waals surface area contributed by atoms with Gasteiger partial charge in [0, 0.05) is 19.0 Å². The van der Waals surface area contributed by atoms with Crippen LogP contribution in [0.2, 0.25) is 0 Å². The molecule has 0 aliphatic carbocycles. The van der Waals surface area contributed by atoms with Crippen LogP contribution in [0, 0.1) is 6.92 Å². The van der Waals surface area contributed by atoms with Gasteiger partial charge >= 0.3 is 6.09 Å². The molecule has 1 aromatic heterocycles. The number of carbonyl (C=O) groups is 1. The topological polar surface area (TPSA) is 64.3 Å². The van der Waals surface area contributed by atoms with Crippen LogP contribution in [-0.2, 0) is 4.74 Å². The van der Waals surface area contributed by atoms with Gasteiger partial charge in [0.25, 0.3) is 0 Å². The number of nitrogens with two attached hydrogens (primary N) is 1. The molecule has 1 aromatic rings. The van der Waals surface area contributed by atoms with Gasteiger partial charge < -0.3 is 15.8 Å². The molecule has 0 saturated heterocycles. The maximum absolute atomic E-state index is 11.6. The van der Waals surface area contributed by atoms with Crippen LogP contribution >= 0.6 is 11.3 Å². The Hall–Kier alpha value is -1.07. The lowest BCUT2D eigenvalue weighted by molar-refractivity contribution is 0.0525. The highest BCUT2D eigenvalue weighted by molar-refractivity contribution is 7.08. The van der Waals surface area contributed by atoms with E-state index in [2.05, 4.69) is 23.0 Å². The van der Waals surface area contributed by atoms with Crippen molar-refractivity contribution < 1.29 is 9.53 Å². The Morgan fingerprint density at radius 3 is 2.61 bits per heavy atom. The molecular weight excluding hydrogens is 248 g/mol. The van der Waals surface area contributed by atoms with E-state index in [1.807, 2.05) is 20.8 Å². The summed E-state index contributed by atoms with van der Waals surface area (Å²) in [7, 11) is 0. The van der Waals surface area contributed by atoms with Crippen molar-refractivity contribution in [1.29, 1.82) is 0 Å². The number of hydrogen-bond acceptors (Lipinski definition) is 4. The number of carbonyl (C=O) groups excluding carboxylic acids is 1. The van der Waals surface area contributed by atoms with Gasteiger partial charge in [-0.25, -0.2) is 4.79 Å². The average Bonchev–Trinajstić information content (AvgIpc) is 2.63. The smallest absolute Gasteiger partial charge is 0.407 e. The van der Waals surface area contributed by atoms with Crippen LogP contribution in [0.15, 0.2) is 10.8 Å². The fourth-order valence-electron chi connectivity index (χ4n) is 1.63. The van der Waals surface area contributed by atoms with Crippen LogP contribution < -0.4 is 11.1 Å². The van der Waals surface area contributed by atoms with E-state index in [-0.39, 0.29) is 5.92 Å². The molecule has 0 fully saturated rings. The van der Waals surface area contributed by atoms with E-state index in [9.17, 15) is 4.79 Å². The number of nitrogens with one attached hydrogen (secondary N) is 1. The van der Waals surface area contributed by atoms with Gasteiger partial charge in [0.15, 0.2) is 0 Å². The van der Waals surface area contributed by atoms with Gasteiger partial charge in [-0.15, -0.1) is 0 Å². The molecule has 18 heavy (non-hydrogen) atoms. The van der Waals surface area contributed by atoms with E-state index in [1.54, 1.807) is 11.3 Å². The second-order valence-electron chi connectivity index (χ2n) is 5.33. The molecule has 102 valence electrons. The minimum absolute atomic E-state index is 0.142. The number of rotatable bonds is 4. The number of aryl methyl sites for hydroxylation is 1. The molecule has 0 spiro atoms. The molecule has 0 aromatic carbocycles. The van der Waals surface area contributed by atoms with Crippen molar-refractivity contribution in [2.45, 2.75) is 39.2 Å². The van der Waals surface area contributed by atoms with Crippen molar-refractivity contribution in [3.63, 3.8) is 0 Å². The van der Waals surface area contributed by atoms with Crippen molar-refractivity contribution >= 4 is 17.4 Å². The van der Waals surface area contributed by atoms with Crippen LogP contribution in [0.4, 0.5) is 4.79 Å². The van der Waals surface area contributed by atoms with E-state index in [0.717, 1.165) is 0 Å². The predicted octanol–water partition coefficient (Wildman–Crippen LogP) is 2.62. The third-order valence-electron chi connectivity index (χ3n) is 2.51. The molecule has 0 aliphatic heterocycles. The SMILES string of the molecule is Cc1cscc1C(CN)CNC(=O)OC(C)(C)C. The molecule has 0 bridgehead atoms. The molecule has 4 nitrogen and oxygen atoms in total. The minimum Gasteiger partial charge on any atom is -0.444 e. The van der Waals surface area contributed by atoms with Crippen molar-refractivity contribution in [3.05, 3.63) is 21.9 Å². The van der Waals surface area contributed by atoms with Crippen LogP contribution in [0.25, 0.3) is 0 Å². The van der Waals surface area contributed by atoms with Gasteiger partial charge in [-0.2, -0.15) is 11.3 Å². The first-order valence-electron chi connectivity index (χ1n) is 6.03. The highest BCUT2D eigenvalue weighted by atomic mass is 32.1. The maximum Gasteiger partial charge on any atom is 0.407 e. The maximum atomic E-state index is 11.6. The first-order chi connectivity index (χ1) is 8.33. The van der Waals surface area contributed by atoms with Crippen LogP contribution in [0.5, 0.6) is 0 Å². The molecule has 1 amide bonds. The second-order valence-corrected chi connectivity index (χ2v) is 6.07. The van der Waals surface area contributed by atoms with Crippen LogP contribution in [0.1, 0.15) is 37.8 Å². The summed E-state index contributed by atoms with van der Waals surface area (Å²) in [5, 5.41) is 6.94. The Balaban J connectivity index is 2.51. The van der Waals surface area contributed by atoms with Crippen molar-refractivity contribution in [1.82, 2.24) is 5.32 Å². The minimum atomic E-state index is -0.472. The van der Waals surface area contributed by atoms with Crippen LogP contribution in [0.3, 0.4) is 0 Å². The summed E-state index contributed by atoms with van der Waals surface area (Å²) >= 11 is 1.65. The van der Waals surface area contributed by atoms with E-state index in [4.69, 9.17) is 10.5 Å². The van der Waals surface area contributed by atoms with E-state index < -0.39 is 11.7 Å². The summed E-state index contributed by atoms with van der Waals surface area (Å²) in [6.45, 7) is 8.60. The first kappa shape index (κ1) is 15.0. The molecule has 0 saturated carbocycles. The molecule has 3 N–H and O–H groups in total. The van der Waals surface area contributed by atoms with Gasteiger partial charge in [0.1, 0.15) is 5.60 Å². The van der Waals surface area contributed by atoms with Crippen LogP contribution in [-0.4, -0.2) is 24.8 Å². The number of alkyl carbamates (subject to hydrolysis) is 1. The Bertz CT molecular complexity index is 396. The molecule has 1 rings (SSSR count). The summed E-state index contributed by atoms with van der Waals surface area (Å²) in [4.78, 5) is 11.6. The predicted molar refractivity (Wildman–Crippen MR) is 75.1 cm³/mol. The molecular formula is C13H22N2O2S. The third-order valence-corrected chi connectivity index (χ3v) is 3.39. The van der Waals surface area contributed by atoms with Gasteiger partial charge in [-0.05, 0) is 49.6 Å². The van der Waals surface area contributed by atoms with Crippen molar-refractivity contribution in [3.8, 4) is 0 Å². The van der Waals surface area contributed by atoms with Gasteiger partial charge in [-0.1, -0.05) is 0 Å². The highest BCUT2D eigenvalue weighted by Crippen LogP contribution is 2.22. The Morgan fingerprint density at radius 2 is 2.17 bits per heavy atom. The summed E-state index contributed by atoms with van der Waals surface area (Å²) < 4.78 is 5.19. The lowest BCUT2D eigenvalue weighted by atomic mass is 9.99. The van der Waals surface area contributed by atoms with Crippen molar-refractivity contribution in [2.24, 2.45) is 5.73 Å². The van der Waals surface area contributed by atoms with Gasteiger partial charge in [-0.3, -0.25) is 0 Å². The molecule has 1 unspecified atom stereocenters. The fraction of sp³-hybridized carbons (Fsp3) is 0.615. The Morgan fingerprint density at radius 1 is 1.50 bits per heavy atom. The molecule has 5 heteroatoms. The summed E-state index contributed by atoms with van der Waals surface area (Å²) in [6.07, 6.45) is -0.395. The summed E-state index contributed by atoms with van der Waals surface area (Å²) in [5.74, 6) is 0.142. The zero-order valence-electron chi connectivity index (χ0n) is 11.4. The van der Waals surface area contributed by atoms with Crippen molar-refractivity contribution in [2.75, 3.05) is 13.1 Å². The lowest BCUT2D eigenvalue weighted by Gasteiger charge is -2.21. The lowest BCUT2D eigenvalue weighted by Crippen LogP contribution is -2.36. The summed E-state index contributed by atoms with van der Waals surface area (Å²) in [6, 6.07) is 0. The molecule has 0 radical (unpaired) electrons. The molecule has 1 atom stereocenters. The number of ether oxygens (including phenoxy) is 1. The van der Waals surface area contributed by atoms with Gasteiger partial charge in [0.05, 0.1) is 0 Å². The average molecular weight is 270 g/mol. The van der Waals surface area contributed by atoms with Gasteiger partial charge in [0.2, 0.25) is 0 Å². The van der Waals surface area contributed by atoms with E-state index >= 15 is 0 Å². The number of amides is 1. The zero-order chi connectivity index (χ0) is 13.8. The third kappa shape index (κ3) is 4.66. The highest BCUT2D eigenvalue weighted by Gasteiger charge is 2.18. The molecule has 0 aliphatic rings. The van der Waals surface area contributed by atoms with E-state index in [1.165, 1.54) is 11.1 Å². The number of hydrogen-bond donors (Lipinski definition) is 2. The number of thiophene rings is 1. The second kappa shape index (κ2) is 6.20. The standard InChI is InChI=1S/C13H22N2O2S/c1-9-7-18-8-11(9)10(5-14)6-15-12(16)17-13(2,3)4/h7-8,10H,5-6,14H2,1-4H3,(H,15,16). The quantitative estimate of drug-likeness (QED) is 0.884. The Labute approximate surface area is 113 Å². The zero-order valence-corrected chi connectivity index (χ0v) is 12.3. The normalized spacial score (nSPS) is 13.2. The molecule has 1 heterocycles. The fourth-order valence-corrected chi connectivity index (χ4v) is 2.56. The largest absolute Gasteiger partial charge is 0.444 e. The summed E-state index contributed by atoms with van der Waals surface area (Å²) in [5.41, 5.74) is 7.72. The Kier molecular flexibility index (Phi) is 5.16. The first-order valence-corrected chi connectivity index (χ1v) is 6.97. The monoisotopic (exact) mass is 270 g/mol.